The van der Waals surface area contributed by atoms with Crippen molar-refractivity contribution in [2.45, 2.75) is 58.7 Å². The van der Waals surface area contributed by atoms with Crippen molar-refractivity contribution >= 4 is 43.8 Å². The van der Waals surface area contributed by atoms with Crippen LogP contribution in [-0.2, 0) is 17.8 Å². The van der Waals surface area contributed by atoms with Crippen LogP contribution in [0.1, 0.15) is 42.8 Å². The van der Waals surface area contributed by atoms with Crippen LogP contribution in [0.4, 0.5) is 5.00 Å². The van der Waals surface area contributed by atoms with E-state index in [-0.39, 0.29) is 11.8 Å². The molecule has 0 atom stereocenters. The summed E-state index contributed by atoms with van der Waals surface area (Å²) in [5.41, 5.74) is 5.51. The molecule has 4 heterocycles. The number of thiophene rings is 1. The highest BCUT2D eigenvalue weighted by atomic mass is 32.1. The SMILES string of the molecule is Cc1cn(-c2ccc3nc(-c4c(NC(=O)C5CC(NC(C)C)C5)sc5c4CCNC5)sc3c2)cn1. The largest absolute Gasteiger partial charge is 0.317 e. The van der Waals surface area contributed by atoms with Crippen LogP contribution in [0.25, 0.3) is 26.5 Å². The van der Waals surface area contributed by atoms with Gasteiger partial charge in [-0.2, -0.15) is 0 Å². The Bertz CT molecular complexity index is 1390. The number of carbonyl (C=O) groups is 1. The zero-order chi connectivity index (χ0) is 24.1. The summed E-state index contributed by atoms with van der Waals surface area (Å²) < 4.78 is 3.18. The monoisotopic (exact) mass is 506 g/mol. The van der Waals surface area contributed by atoms with Crippen molar-refractivity contribution in [2.24, 2.45) is 5.92 Å². The minimum absolute atomic E-state index is 0.0768. The lowest BCUT2D eigenvalue weighted by molar-refractivity contribution is -0.123. The van der Waals surface area contributed by atoms with Crippen molar-refractivity contribution in [3.63, 3.8) is 0 Å². The number of anilines is 1. The zero-order valence-corrected chi connectivity index (χ0v) is 21.9. The van der Waals surface area contributed by atoms with Crippen molar-refractivity contribution in [1.29, 1.82) is 0 Å². The number of amides is 1. The van der Waals surface area contributed by atoms with Gasteiger partial charge in [0.25, 0.3) is 0 Å². The first kappa shape index (κ1) is 22.8. The molecule has 1 aromatic carbocycles. The predicted octanol–water partition coefficient (Wildman–Crippen LogP) is 4.88. The predicted molar refractivity (Wildman–Crippen MR) is 144 cm³/mol. The molecule has 4 aromatic rings. The summed E-state index contributed by atoms with van der Waals surface area (Å²) >= 11 is 3.41. The highest BCUT2D eigenvalue weighted by Crippen LogP contribution is 2.45. The summed E-state index contributed by atoms with van der Waals surface area (Å²) in [6.07, 6.45) is 6.64. The Morgan fingerprint density at radius 3 is 2.89 bits per heavy atom. The van der Waals surface area contributed by atoms with Crippen LogP contribution in [0.15, 0.2) is 30.7 Å². The lowest BCUT2D eigenvalue weighted by atomic mass is 9.79. The van der Waals surface area contributed by atoms with Gasteiger partial charge in [-0.15, -0.1) is 22.7 Å². The molecule has 0 radical (unpaired) electrons. The fourth-order valence-corrected chi connectivity index (χ4v) is 7.41. The number of nitrogens with zero attached hydrogens (tertiary/aromatic N) is 3. The number of carbonyl (C=O) groups excluding carboxylic acids is 1. The highest BCUT2D eigenvalue weighted by molar-refractivity contribution is 7.23. The molecule has 0 unspecified atom stereocenters. The molecule has 182 valence electrons. The third-order valence-electron chi connectivity index (χ3n) is 6.84. The number of rotatable bonds is 6. The summed E-state index contributed by atoms with van der Waals surface area (Å²) in [5, 5.41) is 12.3. The second-order valence-corrected chi connectivity index (χ2v) is 12.0. The quantitative estimate of drug-likeness (QED) is 0.347. The first-order chi connectivity index (χ1) is 16.9. The number of fused-ring (bicyclic) bond motifs is 2. The minimum Gasteiger partial charge on any atom is -0.317 e. The van der Waals surface area contributed by atoms with E-state index in [1.165, 1.54) is 10.4 Å². The average Bonchev–Trinajstić information content (AvgIpc) is 3.50. The van der Waals surface area contributed by atoms with Crippen LogP contribution in [0.3, 0.4) is 0 Å². The van der Waals surface area contributed by atoms with Crippen molar-refractivity contribution < 1.29 is 4.79 Å². The van der Waals surface area contributed by atoms with Crippen LogP contribution in [0, 0.1) is 12.8 Å². The molecule has 0 bridgehead atoms. The fourth-order valence-electron chi connectivity index (χ4n) is 5.05. The second kappa shape index (κ2) is 9.13. The number of imidazole rings is 1. The number of thiazole rings is 1. The molecule has 1 aliphatic carbocycles. The second-order valence-electron chi connectivity index (χ2n) is 9.90. The molecule has 1 fully saturated rings. The van der Waals surface area contributed by atoms with E-state index in [9.17, 15) is 4.79 Å². The van der Waals surface area contributed by atoms with Crippen LogP contribution in [0.5, 0.6) is 0 Å². The smallest absolute Gasteiger partial charge is 0.228 e. The van der Waals surface area contributed by atoms with Crippen molar-refractivity contribution in [2.75, 3.05) is 11.9 Å². The average molecular weight is 507 g/mol. The number of aromatic nitrogens is 3. The van der Waals surface area contributed by atoms with Gasteiger partial charge in [0.2, 0.25) is 5.91 Å². The Kier molecular flexibility index (Phi) is 5.96. The topological polar surface area (TPSA) is 83.9 Å². The fraction of sp³-hybridized carbons (Fsp3) is 0.423. The maximum Gasteiger partial charge on any atom is 0.228 e. The van der Waals surface area contributed by atoms with Crippen LogP contribution < -0.4 is 16.0 Å². The van der Waals surface area contributed by atoms with E-state index in [1.807, 2.05) is 24.0 Å². The molecule has 6 rings (SSSR count). The molecule has 0 saturated heterocycles. The third kappa shape index (κ3) is 4.42. The molecule has 7 nitrogen and oxygen atoms in total. The Labute approximate surface area is 213 Å². The molecule has 3 aromatic heterocycles. The third-order valence-corrected chi connectivity index (χ3v) is 9.02. The molecule has 1 amide bonds. The van der Waals surface area contributed by atoms with Gasteiger partial charge in [0.1, 0.15) is 10.0 Å². The number of hydrogen-bond donors (Lipinski definition) is 3. The Morgan fingerprint density at radius 1 is 1.26 bits per heavy atom. The Morgan fingerprint density at radius 2 is 2.11 bits per heavy atom. The van der Waals surface area contributed by atoms with E-state index < -0.39 is 0 Å². The van der Waals surface area contributed by atoms with E-state index in [0.717, 1.165) is 69.5 Å². The van der Waals surface area contributed by atoms with Crippen LogP contribution >= 0.6 is 22.7 Å². The van der Waals surface area contributed by atoms with E-state index >= 15 is 0 Å². The first-order valence-electron chi connectivity index (χ1n) is 12.3. The highest BCUT2D eigenvalue weighted by Gasteiger charge is 2.35. The molecule has 0 spiro atoms. The Balaban J connectivity index is 1.31. The van der Waals surface area contributed by atoms with Crippen LogP contribution in [-0.4, -0.2) is 39.1 Å². The summed E-state index contributed by atoms with van der Waals surface area (Å²) in [6, 6.07) is 7.23. The molecule has 1 aliphatic heterocycles. The van der Waals surface area contributed by atoms with Gasteiger partial charge in [0, 0.05) is 46.9 Å². The van der Waals surface area contributed by atoms with Crippen molar-refractivity contribution in [3.8, 4) is 16.3 Å². The van der Waals surface area contributed by atoms with E-state index in [1.54, 1.807) is 22.7 Å². The van der Waals surface area contributed by atoms with Gasteiger partial charge in [0.15, 0.2) is 0 Å². The summed E-state index contributed by atoms with van der Waals surface area (Å²) in [6.45, 7) is 8.10. The Hall–Kier alpha value is -2.59. The molecule has 3 N–H and O–H groups in total. The van der Waals surface area contributed by atoms with E-state index in [0.29, 0.717) is 12.1 Å². The van der Waals surface area contributed by atoms with Gasteiger partial charge >= 0.3 is 0 Å². The molecular weight excluding hydrogens is 476 g/mol. The van der Waals surface area contributed by atoms with Gasteiger partial charge in [-0.05, 0) is 56.5 Å². The first-order valence-corrected chi connectivity index (χ1v) is 13.9. The van der Waals surface area contributed by atoms with Gasteiger partial charge < -0.3 is 20.5 Å². The number of nitrogens with one attached hydrogen (secondary N) is 3. The maximum atomic E-state index is 13.1. The summed E-state index contributed by atoms with van der Waals surface area (Å²) in [7, 11) is 0. The minimum atomic E-state index is 0.0768. The van der Waals surface area contributed by atoms with E-state index in [4.69, 9.17) is 4.98 Å². The molecule has 9 heteroatoms. The normalized spacial score (nSPS) is 19.7. The van der Waals surface area contributed by atoms with Crippen LogP contribution in [0.2, 0.25) is 0 Å². The number of aryl methyl sites for hydroxylation is 1. The molecular formula is C26H30N6OS2. The molecule has 1 saturated carbocycles. The molecule has 2 aliphatic rings. The van der Waals surface area contributed by atoms with Gasteiger partial charge in [0.05, 0.1) is 22.2 Å². The lowest BCUT2D eigenvalue weighted by Crippen LogP contribution is -2.48. The van der Waals surface area contributed by atoms with Gasteiger partial charge in [-0.3, -0.25) is 4.79 Å². The summed E-state index contributed by atoms with van der Waals surface area (Å²) in [5.74, 6) is 0.214. The maximum absolute atomic E-state index is 13.1. The zero-order valence-electron chi connectivity index (χ0n) is 20.2. The summed E-state index contributed by atoms with van der Waals surface area (Å²) in [4.78, 5) is 23.8. The van der Waals surface area contributed by atoms with E-state index in [2.05, 4.69) is 53.0 Å². The van der Waals surface area contributed by atoms with Crippen molar-refractivity contribution in [3.05, 3.63) is 46.9 Å². The number of benzene rings is 1. The van der Waals surface area contributed by atoms with Gasteiger partial charge in [-0.25, -0.2) is 9.97 Å². The van der Waals surface area contributed by atoms with Crippen molar-refractivity contribution in [1.82, 2.24) is 25.2 Å². The molecule has 35 heavy (non-hydrogen) atoms. The van der Waals surface area contributed by atoms with Gasteiger partial charge in [-0.1, -0.05) is 13.8 Å². The standard InChI is InChI=1S/C26H30N6OS2/c1-14(2)29-17-8-16(9-17)24(33)31-26-23(19-6-7-27-11-22(19)35-26)25-30-20-5-4-18(10-21(20)34-25)32-12-15(3)28-13-32/h4-5,10,12-14,16-17,27,29H,6-9,11H2,1-3H3,(H,31,33). The number of hydrogen-bond acceptors (Lipinski definition) is 7. The lowest BCUT2D eigenvalue weighted by Gasteiger charge is -2.36.